The molecule has 4 heteroatoms. The maximum absolute atomic E-state index is 13.5. The molecule has 1 aliphatic carbocycles. The first-order chi connectivity index (χ1) is 14.0. The number of carbonyl (C=O) groups is 2. The van der Waals surface area contributed by atoms with Gasteiger partial charge in [-0.1, -0.05) is 72.7 Å². The minimum atomic E-state index is -0.236. The van der Waals surface area contributed by atoms with E-state index in [-0.39, 0.29) is 41.1 Å². The zero-order valence-corrected chi connectivity index (χ0v) is 19.9. The number of rotatable bonds is 6. The number of piperazine rings is 1. The molecule has 1 saturated heterocycles. The molecule has 0 radical (unpaired) electrons. The average Bonchev–Trinajstić information content (AvgIpc) is 3.43. The molecule has 2 fully saturated rings. The summed E-state index contributed by atoms with van der Waals surface area (Å²) in [5.41, 5.74) is 2.66. The molecule has 0 aromatic heterocycles. The lowest BCUT2D eigenvalue weighted by atomic mass is 9.86. The Bertz CT molecular complexity index is 760. The molecule has 1 aromatic rings. The first kappa shape index (κ1) is 23.0. The van der Waals surface area contributed by atoms with E-state index in [4.69, 9.17) is 0 Å². The predicted octanol–water partition coefficient (Wildman–Crippen LogP) is 4.88. The van der Waals surface area contributed by atoms with Crippen LogP contribution in [0.5, 0.6) is 0 Å². The van der Waals surface area contributed by atoms with Gasteiger partial charge in [-0.05, 0) is 53.6 Å². The number of hydrogen-bond acceptors (Lipinski definition) is 3. The minimum Gasteiger partial charge on any atom is -0.304 e. The van der Waals surface area contributed by atoms with Gasteiger partial charge >= 0.3 is 0 Å². The van der Waals surface area contributed by atoms with E-state index in [2.05, 4.69) is 78.0 Å². The lowest BCUT2D eigenvalue weighted by molar-refractivity contribution is -0.153. The van der Waals surface area contributed by atoms with Crippen LogP contribution in [0.3, 0.4) is 0 Å². The molecule has 2 aliphatic rings. The first-order valence-electron chi connectivity index (χ1n) is 11.7. The van der Waals surface area contributed by atoms with Crippen molar-refractivity contribution in [2.75, 3.05) is 6.54 Å². The second-order valence-electron chi connectivity index (χ2n) is 11.2. The molecule has 0 bridgehead atoms. The van der Waals surface area contributed by atoms with E-state index in [1.807, 2.05) is 0 Å². The minimum absolute atomic E-state index is 0.0145. The number of amides is 2. The second kappa shape index (κ2) is 8.82. The van der Waals surface area contributed by atoms with Gasteiger partial charge in [0.15, 0.2) is 0 Å². The quantitative estimate of drug-likeness (QED) is 0.678. The van der Waals surface area contributed by atoms with Crippen molar-refractivity contribution < 1.29 is 9.59 Å². The third kappa shape index (κ3) is 5.14. The van der Waals surface area contributed by atoms with E-state index >= 15 is 0 Å². The van der Waals surface area contributed by atoms with Crippen LogP contribution in [0, 0.1) is 17.8 Å². The Labute approximate surface area is 182 Å². The van der Waals surface area contributed by atoms with Gasteiger partial charge in [0.05, 0.1) is 12.1 Å². The third-order valence-electron chi connectivity index (χ3n) is 6.50. The van der Waals surface area contributed by atoms with Crippen LogP contribution in [0.25, 0.3) is 0 Å². The topological polar surface area (TPSA) is 49.4 Å². The largest absolute Gasteiger partial charge is 0.304 e. The van der Waals surface area contributed by atoms with Crippen LogP contribution in [0.15, 0.2) is 24.3 Å². The molecule has 0 spiro atoms. The molecule has 1 N–H and O–H groups in total. The molecule has 2 unspecified atom stereocenters. The lowest BCUT2D eigenvalue weighted by Gasteiger charge is -2.40. The van der Waals surface area contributed by atoms with Crippen molar-refractivity contribution in [1.29, 1.82) is 0 Å². The summed E-state index contributed by atoms with van der Waals surface area (Å²) in [4.78, 5) is 28.4. The number of benzene rings is 1. The molecular weight excluding hydrogens is 372 g/mol. The SMILES string of the molecule is CC(C)CC1NCC(CC(C)C)N(C(=O)[C@@H]2C[C@H]2c2ccc(C(C)(C)C)cc2)C1=O. The van der Waals surface area contributed by atoms with Gasteiger partial charge in [-0.15, -0.1) is 0 Å². The highest BCUT2D eigenvalue weighted by molar-refractivity contribution is 6.01. The maximum Gasteiger partial charge on any atom is 0.246 e. The van der Waals surface area contributed by atoms with Crippen molar-refractivity contribution >= 4 is 11.8 Å². The highest BCUT2D eigenvalue weighted by Gasteiger charge is 2.50. The monoisotopic (exact) mass is 412 g/mol. The molecule has 1 aromatic carbocycles. The highest BCUT2D eigenvalue weighted by atomic mass is 16.2. The summed E-state index contributed by atoms with van der Waals surface area (Å²) in [6, 6.07) is 8.45. The Kier molecular flexibility index (Phi) is 6.76. The summed E-state index contributed by atoms with van der Waals surface area (Å²) < 4.78 is 0. The van der Waals surface area contributed by atoms with Crippen LogP contribution in [0.2, 0.25) is 0 Å². The van der Waals surface area contributed by atoms with E-state index in [9.17, 15) is 9.59 Å². The van der Waals surface area contributed by atoms with E-state index in [1.54, 1.807) is 4.90 Å². The van der Waals surface area contributed by atoms with Crippen LogP contribution in [0.4, 0.5) is 0 Å². The zero-order valence-electron chi connectivity index (χ0n) is 19.9. The Morgan fingerprint density at radius 2 is 1.67 bits per heavy atom. The second-order valence-corrected chi connectivity index (χ2v) is 11.2. The Morgan fingerprint density at radius 1 is 1.07 bits per heavy atom. The van der Waals surface area contributed by atoms with Gasteiger partial charge in [0.2, 0.25) is 11.8 Å². The molecule has 4 atom stereocenters. The summed E-state index contributed by atoms with van der Waals surface area (Å²) in [7, 11) is 0. The predicted molar refractivity (Wildman–Crippen MR) is 122 cm³/mol. The van der Waals surface area contributed by atoms with Gasteiger partial charge in [0.1, 0.15) is 0 Å². The van der Waals surface area contributed by atoms with Gasteiger partial charge in [0.25, 0.3) is 0 Å². The molecular formula is C26H40N2O2. The number of nitrogens with zero attached hydrogens (tertiary/aromatic N) is 1. The van der Waals surface area contributed by atoms with Crippen LogP contribution in [-0.2, 0) is 15.0 Å². The van der Waals surface area contributed by atoms with Crippen LogP contribution in [0.1, 0.15) is 84.8 Å². The smallest absolute Gasteiger partial charge is 0.246 e. The molecule has 166 valence electrons. The fourth-order valence-electron chi connectivity index (χ4n) is 4.73. The number of imide groups is 1. The van der Waals surface area contributed by atoms with Gasteiger partial charge in [-0.25, -0.2) is 0 Å². The molecule has 1 aliphatic heterocycles. The van der Waals surface area contributed by atoms with Crippen LogP contribution >= 0.6 is 0 Å². The summed E-state index contributed by atoms with van der Waals surface area (Å²) in [6.07, 6.45) is 2.49. The van der Waals surface area contributed by atoms with E-state index in [1.165, 1.54) is 11.1 Å². The molecule has 1 saturated carbocycles. The lowest BCUT2D eigenvalue weighted by Crippen LogP contribution is -2.62. The maximum atomic E-state index is 13.5. The standard InChI is InChI=1S/C26H40N2O2/c1-16(2)12-20-15-27-23(13-17(3)4)25(30)28(20)24(29)22-14-21(22)18-8-10-19(11-9-18)26(5,6)7/h8-11,16-17,20-23,27H,12-15H2,1-7H3/t20?,21-,22+,23?/m0/s1. The average molecular weight is 413 g/mol. The fraction of sp³-hybridized carbons (Fsp3) is 0.692. The summed E-state index contributed by atoms with van der Waals surface area (Å²) >= 11 is 0. The summed E-state index contributed by atoms with van der Waals surface area (Å²) in [5, 5.41) is 3.42. The summed E-state index contributed by atoms with van der Waals surface area (Å²) in [6.45, 7) is 15.9. The van der Waals surface area contributed by atoms with Crippen molar-refractivity contribution in [3.63, 3.8) is 0 Å². The number of carbonyl (C=O) groups excluding carboxylic acids is 2. The van der Waals surface area contributed by atoms with E-state index in [0.29, 0.717) is 18.4 Å². The van der Waals surface area contributed by atoms with E-state index in [0.717, 1.165) is 19.3 Å². The van der Waals surface area contributed by atoms with Crippen LogP contribution in [-0.4, -0.2) is 35.3 Å². The third-order valence-corrected chi connectivity index (χ3v) is 6.50. The molecule has 30 heavy (non-hydrogen) atoms. The molecule has 4 nitrogen and oxygen atoms in total. The Morgan fingerprint density at radius 3 is 2.20 bits per heavy atom. The van der Waals surface area contributed by atoms with E-state index < -0.39 is 0 Å². The Hall–Kier alpha value is -1.68. The van der Waals surface area contributed by atoms with Crippen molar-refractivity contribution in [3.05, 3.63) is 35.4 Å². The van der Waals surface area contributed by atoms with Gasteiger partial charge in [0, 0.05) is 12.5 Å². The highest BCUT2D eigenvalue weighted by Crippen LogP contribution is 2.49. The van der Waals surface area contributed by atoms with Crippen molar-refractivity contribution in [3.8, 4) is 0 Å². The van der Waals surface area contributed by atoms with Gasteiger partial charge in [-0.2, -0.15) is 0 Å². The van der Waals surface area contributed by atoms with Gasteiger partial charge in [-0.3, -0.25) is 14.5 Å². The Balaban J connectivity index is 1.74. The van der Waals surface area contributed by atoms with Crippen molar-refractivity contribution in [2.24, 2.45) is 17.8 Å². The number of nitrogens with one attached hydrogen (secondary N) is 1. The van der Waals surface area contributed by atoms with Crippen molar-refractivity contribution in [2.45, 2.75) is 91.1 Å². The number of hydrogen-bond donors (Lipinski definition) is 1. The summed E-state index contributed by atoms with van der Waals surface area (Å²) in [5.74, 6) is 1.09. The molecule has 2 amide bonds. The molecule has 3 rings (SSSR count). The zero-order chi connectivity index (χ0) is 22.2. The van der Waals surface area contributed by atoms with Crippen LogP contribution < -0.4 is 5.32 Å². The molecule has 1 heterocycles. The normalized spacial score (nSPS) is 27.1. The van der Waals surface area contributed by atoms with Crippen molar-refractivity contribution in [1.82, 2.24) is 10.2 Å². The fourth-order valence-corrected chi connectivity index (χ4v) is 4.73. The van der Waals surface area contributed by atoms with Gasteiger partial charge < -0.3 is 5.32 Å². The first-order valence-corrected chi connectivity index (χ1v) is 11.7.